The second kappa shape index (κ2) is 7.13. The first-order valence-corrected chi connectivity index (χ1v) is 8.45. The number of imidazole rings is 1. The minimum atomic E-state index is -1.36. The van der Waals surface area contributed by atoms with E-state index >= 15 is 0 Å². The third-order valence-corrected chi connectivity index (χ3v) is 4.49. The van der Waals surface area contributed by atoms with Crippen molar-refractivity contribution in [1.82, 2.24) is 19.5 Å². The number of amides is 1. The van der Waals surface area contributed by atoms with Gasteiger partial charge in [-0.05, 0) is 12.1 Å². The highest BCUT2D eigenvalue weighted by molar-refractivity contribution is 6.03. The number of ether oxygens (including phenoxy) is 1. The molecule has 11 heteroatoms. The molecule has 0 spiro atoms. The van der Waals surface area contributed by atoms with E-state index < -0.39 is 42.6 Å². The Morgan fingerprint density at radius 2 is 2.00 bits per heavy atom. The normalized spacial score (nSPS) is 24.5. The Morgan fingerprint density at radius 3 is 2.68 bits per heavy atom. The van der Waals surface area contributed by atoms with E-state index in [0.29, 0.717) is 5.56 Å². The van der Waals surface area contributed by atoms with Crippen LogP contribution in [-0.2, 0) is 4.74 Å². The van der Waals surface area contributed by atoms with Crippen LogP contribution in [0.25, 0.3) is 11.2 Å². The van der Waals surface area contributed by atoms with Crippen molar-refractivity contribution in [2.24, 2.45) is 0 Å². The summed E-state index contributed by atoms with van der Waals surface area (Å²) < 4.78 is 6.72. The number of nitrogens with zero attached hydrogens (tertiary/aromatic N) is 3. The molecule has 1 amide bonds. The molecule has 3 aromatic rings. The maximum absolute atomic E-state index is 12.3. The molecule has 1 aliphatic rings. The van der Waals surface area contributed by atoms with Crippen molar-refractivity contribution in [2.75, 3.05) is 11.9 Å². The van der Waals surface area contributed by atoms with E-state index in [2.05, 4.69) is 20.3 Å². The molecular weight excluding hydrogens is 370 g/mol. The van der Waals surface area contributed by atoms with Crippen LogP contribution in [-0.4, -0.2) is 65.7 Å². The second-order valence-electron chi connectivity index (χ2n) is 6.29. The lowest BCUT2D eigenvalue weighted by atomic mass is 10.1. The molecule has 4 atom stereocenters. The number of aliphatic hydroxyl groups is 3. The predicted octanol–water partition coefficient (Wildman–Crippen LogP) is -1.02. The van der Waals surface area contributed by atoms with Crippen LogP contribution in [0, 0.1) is 0 Å². The van der Waals surface area contributed by atoms with Gasteiger partial charge in [-0.2, -0.15) is 4.98 Å². The number of rotatable bonds is 4. The third-order valence-electron chi connectivity index (χ3n) is 4.49. The topological polar surface area (TPSA) is 163 Å². The summed E-state index contributed by atoms with van der Waals surface area (Å²) in [7, 11) is 0. The number of carbonyl (C=O) groups is 1. The van der Waals surface area contributed by atoms with Crippen molar-refractivity contribution in [3.8, 4) is 0 Å². The van der Waals surface area contributed by atoms with Gasteiger partial charge in [0.15, 0.2) is 17.4 Å². The van der Waals surface area contributed by atoms with Gasteiger partial charge in [0.25, 0.3) is 11.5 Å². The van der Waals surface area contributed by atoms with Gasteiger partial charge in [-0.25, -0.2) is 4.98 Å². The lowest BCUT2D eigenvalue weighted by Gasteiger charge is -2.16. The summed E-state index contributed by atoms with van der Waals surface area (Å²) in [6.07, 6.45) is -3.54. The molecule has 1 aromatic carbocycles. The number of fused-ring (bicyclic) bond motifs is 1. The first-order valence-electron chi connectivity index (χ1n) is 8.45. The first kappa shape index (κ1) is 18.3. The number of aromatic nitrogens is 4. The zero-order chi connectivity index (χ0) is 19.8. The van der Waals surface area contributed by atoms with Crippen LogP contribution >= 0.6 is 0 Å². The predicted molar refractivity (Wildman–Crippen MR) is 95.6 cm³/mol. The molecular formula is C17H17N5O6. The van der Waals surface area contributed by atoms with Crippen LogP contribution in [0.4, 0.5) is 5.95 Å². The molecule has 0 unspecified atom stereocenters. The number of H-pyrrole nitrogens is 1. The number of aliphatic hydroxyl groups excluding tert-OH is 3. The highest BCUT2D eigenvalue weighted by Crippen LogP contribution is 2.30. The second-order valence-corrected chi connectivity index (χ2v) is 6.29. The summed E-state index contributed by atoms with van der Waals surface area (Å²) in [6.45, 7) is -0.492. The number of hydrogen-bond acceptors (Lipinski definition) is 8. The number of anilines is 1. The zero-order valence-electron chi connectivity index (χ0n) is 14.4. The maximum atomic E-state index is 12.3. The lowest BCUT2D eigenvalue weighted by molar-refractivity contribution is -0.0511. The lowest BCUT2D eigenvalue weighted by Crippen LogP contribution is -2.33. The van der Waals surface area contributed by atoms with Crippen LogP contribution in [0.1, 0.15) is 16.6 Å². The van der Waals surface area contributed by atoms with Crippen molar-refractivity contribution in [1.29, 1.82) is 0 Å². The first-order chi connectivity index (χ1) is 13.5. The SMILES string of the molecule is O=C(Nc1nc2c(ncn2[C@@H]2O[C@H](CO)[C@H](O)[C@H]2O)c(=O)[nH]1)c1ccccc1. The van der Waals surface area contributed by atoms with Gasteiger partial charge in [0.05, 0.1) is 12.9 Å². The fraction of sp³-hybridized carbons (Fsp3) is 0.294. The van der Waals surface area contributed by atoms with Crippen LogP contribution in [0.15, 0.2) is 41.5 Å². The van der Waals surface area contributed by atoms with E-state index in [0.717, 1.165) is 0 Å². The molecule has 4 rings (SSSR count). The summed E-state index contributed by atoms with van der Waals surface area (Å²) in [4.78, 5) is 35.2. The standard InChI is InChI=1S/C17H17N5O6/c23-6-9-11(24)12(25)16(28-9)22-7-18-10-13(22)19-17(21-15(10)27)20-14(26)8-4-2-1-3-5-8/h1-5,7,9,11-12,16,23-25H,6H2,(H2,19,20,21,26,27)/t9-,11+,12-,16-/m1/s1. The van der Waals surface area contributed by atoms with Crippen molar-refractivity contribution in [3.05, 3.63) is 52.6 Å². The minimum Gasteiger partial charge on any atom is -0.394 e. The van der Waals surface area contributed by atoms with Crippen LogP contribution < -0.4 is 10.9 Å². The van der Waals surface area contributed by atoms with Crippen LogP contribution in [0.3, 0.4) is 0 Å². The van der Waals surface area contributed by atoms with Crippen LogP contribution in [0.5, 0.6) is 0 Å². The number of benzene rings is 1. The summed E-state index contributed by atoms with van der Waals surface area (Å²) >= 11 is 0. The van der Waals surface area contributed by atoms with Crippen molar-refractivity contribution < 1.29 is 24.9 Å². The molecule has 5 N–H and O–H groups in total. The Hall–Kier alpha value is -3.12. The van der Waals surface area contributed by atoms with Gasteiger partial charge in [0, 0.05) is 5.56 Å². The average molecular weight is 387 g/mol. The summed E-state index contributed by atoms with van der Waals surface area (Å²) in [5.41, 5.74) is -0.210. The molecule has 1 aliphatic heterocycles. The number of aromatic amines is 1. The molecule has 0 aliphatic carbocycles. The van der Waals surface area contributed by atoms with Gasteiger partial charge < -0.3 is 20.1 Å². The minimum absolute atomic E-state index is 0.0320. The summed E-state index contributed by atoms with van der Waals surface area (Å²) in [5.74, 6) is -0.582. The van der Waals surface area contributed by atoms with Gasteiger partial charge in [-0.15, -0.1) is 0 Å². The molecule has 3 heterocycles. The maximum Gasteiger partial charge on any atom is 0.280 e. The number of carbonyl (C=O) groups excluding carboxylic acids is 1. The van der Waals surface area contributed by atoms with Gasteiger partial charge in [0.2, 0.25) is 5.95 Å². The number of nitrogens with one attached hydrogen (secondary N) is 2. The molecule has 1 fully saturated rings. The molecule has 0 radical (unpaired) electrons. The van der Waals surface area contributed by atoms with E-state index in [1.54, 1.807) is 30.3 Å². The van der Waals surface area contributed by atoms with Gasteiger partial charge in [0.1, 0.15) is 18.3 Å². The Balaban J connectivity index is 1.69. The van der Waals surface area contributed by atoms with Crippen LogP contribution in [0.2, 0.25) is 0 Å². The van der Waals surface area contributed by atoms with Gasteiger partial charge in [-0.1, -0.05) is 18.2 Å². The highest BCUT2D eigenvalue weighted by atomic mass is 16.6. The molecule has 28 heavy (non-hydrogen) atoms. The molecule has 146 valence electrons. The third kappa shape index (κ3) is 3.05. The summed E-state index contributed by atoms with van der Waals surface area (Å²) in [5, 5.41) is 31.9. The highest BCUT2D eigenvalue weighted by Gasteiger charge is 2.44. The van der Waals surface area contributed by atoms with Crippen molar-refractivity contribution >= 4 is 23.0 Å². The molecule has 1 saturated heterocycles. The Labute approximate surface area is 157 Å². The Kier molecular flexibility index (Phi) is 4.65. The van der Waals surface area contributed by atoms with E-state index in [1.807, 2.05) is 0 Å². The zero-order valence-corrected chi connectivity index (χ0v) is 14.4. The summed E-state index contributed by atoms with van der Waals surface area (Å²) in [6, 6.07) is 8.38. The Morgan fingerprint density at radius 1 is 1.25 bits per heavy atom. The molecule has 0 saturated carbocycles. The molecule has 0 bridgehead atoms. The van der Waals surface area contributed by atoms with E-state index in [-0.39, 0.29) is 17.1 Å². The number of hydrogen-bond donors (Lipinski definition) is 5. The van der Waals surface area contributed by atoms with Gasteiger partial charge in [-0.3, -0.25) is 24.5 Å². The fourth-order valence-corrected chi connectivity index (χ4v) is 3.05. The smallest absolute Gasteiger partial charge is 0.280 e. The van der Waals surface area contributed by atoms with E-state index in [4.69, 9.17) is 4.74 Å². The van der Waals surface area contributed by atoms with Gasteiger partial charge >= 0.3 is 0 Å². The Bertz CT molecular complexity index is 1060. The quantitative estimate of drug-likeness (QED) is 0.380. The van der Waals surface area contributed by atoms with E-state index in [9.17, 15) is 24.9 Å². The monoisotopic (exact) mass is 387 g/mol. The van der Waals surface area contributed by atoms with E-state index in [1.165, 1.54) is 10.9 Å². The van der Waals surface area contributed by atoms with Crippen molar-refractivity contribution in [3.63, 3.8) is 0 Å². The fourth-order valence-electron chi connectivity index (χ4n) is 3.05. The molecule has 2 aromatic heterocycles. The largest absolute Gasteiger partial charge is 0.394 e. The molecule has 11 nitrogen and oxygen atoms in total. The average Bonchev–Trinajstić information content (AvgIpc) is 3.24. The van der Waals surface area contributed by atoms with Crippen molar-refractivity contribution in [2.45, 2.75) is 24.5 Å².